The van der Waals surface area contributed by atoms with Crippen LogP contribution >= 0.6 is 23.2 Å². The molecule has 3 unspecified atom stereocenters. The van der Waals surface area contributed by atoms with E-state index in [2.05, 4.69) is 157 Å². The van der Waals surface area contributed by atoms with Crippen LogP contribution in [-0.4, -0.2) is 90.2 Å². The minimum absolute atomic E-state index is 0.0416. The van der Waals surface area contributed by atoms with E-state index in [1.165, 1.54) is 38.9 Å². The van der Waals surface area contributed by atoms with E-state index in [4.69, 9.17) is 48.3 Å². The number of pyridine rings is 3. The lowest BCUT2D eigenvalue weighted by molar-refractivity contribution is -0.142. The lowest BCUT2D eigenvalue weighted by atomic mass is 9.83. The number of nitrogens with one attached hydrogen (secondary N) is 5. The summed E-state index contributed by atoms with van der Waals surface area (Å²) in [6, 6.07) is 53.3. The third-order valence-electron chi connectivity index (χ3n) is 19.3. The van der Waals surface area contributed by atoms with Crippen LogP contribution < -0.4 is 51.4 Å². The minimum Gasteiger partial charge on any atom is -0.481 e. The number of benzene rings is 6. The van der Waals surface area contributed by atoms with Crippen LogP contribution in [0.25, 0.3) is 0 Å². The van der Waals surface area contributed by atoms with E-state index in [9.17, 15) is 14.4 Å². The summed E-state index contributed by atoms with van der Waals surface area (Å²) in [5.41, 5.74) is 19.4. The van der Waals surface area contributed by atoms with E-state index in [1.54, 1.807) is 42.9 Å². The molecule has 0 saturated carbocycles. The van der Waals surface area contributed by atoms with E-state index in [-0.39, 0.29) is 45.8 Å². The summed E-state index contributed by atoms with van der Waals surface area (Å²) in [6.45, 7) is 28.0. The minimum atomic E-state index is -0.729. The molecule has 19 heteroatoms. The molecule has 2 saturated heterocycles. The zero-order valence-electron chi connectivity index (χ0n) is 62.1. The van der Waals surface area contributed by atoms with Crippen molar-refractivity contribution in [3.63, 3.8) is 0 Å². The second-order valence-corrected chi connectivity index (χ2v) is 31.3. The number of ether oxygens (including phenoxy) is 3. The molecule has 3 aromatic heterocycles. The first-order chi connectivity index (χ1) is 50.2. The molecule has 9 aromatic rings. The maximum Gasteiger partial charge on any atom is 0.306 e. The standard InChI is InChI=1S/C30H36N4O2.C26H27ClN2O2.C16H14ClNO3.C10H15N.C4H10N2/c1-30(2,3)24-5-4-6-25(19-24)33-29(35)22-8-7-21-9-10-26(18-23(21)17-22)36-27-11-12-32-28(20-27)34-15-13-31-14-16-34;1-26(2,3)20-5-4-6-21(15-20)29-25(30)18-8-7-17-9-10-22(14-19(17)13-18)31-23-11-12-28-24(27)16-23;17-15-9-14(5-6-18-15)21-13-4-3-10-1-2-11(16(19)20)7-12(10)8-13;1-10(2,3)8-5-4-6-9(11)7-8;1-2-6-4-3-5-1/h4-6,9-12,18-20,22,31H,7-8,13-17H2,1-3H3,(H,33,35);4-6,9-12,14-16,18H,7-8,13H2,1-3H3,(H,29,30);3-6,8-9,11H,1-2,7H2,(H,19,20);4-7H,11H2,1-3H3;5-6H,1-4H2. The van der Waals surface area contributed by atoms with Crippen LogP contribution in [0.4, 0.5) is 22.9 Å². The number of aliphatic carboxylic acids is 1. The summed E-state index contributed by atoms with van der Waals surface area (Å²) >= 11 is 11.8. The van der Waals surface area contributed by atoms with Crippen molar-refractivity contribution >= 4 is 63.9 Å². The van der Waals surface area contributed by atoms with Crippen LogP contribution in [0.15, 0.2) is 182 Å². The number of piperazine rings is 2. The Kier molecular flexibility index (Phi) is 27.2. The second-order valence-electron chi connectivity index (χ2n) is 30.5. The Morgan fingerprint density at radius 2 is 0.800 bits per heavy atom. The molecule has 3 aliphatic carbocycles. The van der Waals surface area contributed by atoms with Gasteiger partial charge in [0.25, 0.3) is 0 Å². The number of carbonyl (C=O) groups is 3. The maximum atomic E-state index is 13.1. The number of hydrogen-bond donors (Lipinski definition) is 7. The molecule has 2 fully saturated rings. The molecule has 0 bridgehead atoms. The summed E-state index contributed by atoms with van der Waals surface area (Å²) in [5.74, 6) is 4.22. The van der Waals surface area contributed by atoms with Gasteiger partial charge in [0.15, 0.2) is 0 Å². The predicted molar refractivity (Wildman–Crippen MR) is 424 cm³/mol. The molecule has 2 amide bonds. The van der Waals surface area contributed by atoms with Crippen LogP contribution in [0.2, 0.25) is 10.3 Å². The number of nitrogens with two attached hydrogens (primary N) is 1. The van der Waals surface area contributed by atoms with Crippen molar-refractivity contribution in [3.05, 3.63) is 243 Å². The van der Waals surface area contributed by atoms with Gasteiger partial charge in [-0.1, -0.05) is 140 Å². The molecule has 14 rings (SSSR count). The molecule has 17 nitrogen and oxygen atoms in total. The largest absolute Gasteiger partial charge is 0.481 e. The molecule has 0 radical (unpaired) electrons. The molecule has 3 atom stereocenters. The van der Waals surface area contributed by atoms with Crippen LogP contribution in [-0.2, 0) is 69.2 Å². The normalized spacial score (nSPS) is 16.8. The zero-order chi connectivity index (χ0) is 74.7. The van der Waals surface area contributed by atoms with E-state index >= 15 is 0 Å². The summed E-state index contributed by atoms with van der Waals surface area (Å²) < 4.78 is 17.9. The van der Waals surface area contributed by atoms with Crippen LogP contribution in [0.5, 0.6) is 34.5 Å². The van der Waals surface area contributed by atoms with Crippen LogP contribution in [0.1, 0.15) is 132 Å². The number of halogens is 2. The fraction of sp³-hybridized carbons (Fsp3) is 0.372. The molecule has 5 heterocycles. The van der Waals surface area contributed by atoms with E-state index in [0.717, 1.165) is 142 Å². The van der Waals surface area contributed by atoms with Crippen molar-refractivity contribution in [2.24, 2.45) is 17.8 Å². The highest BCUT2D eigenvalue weighted by Crippen LogP contribution is 2.37. The van der Waals surface area contributed by atoms with E-state index in [1.807, 2.05) is 91.0 Å². The monoisotopic (exact) mass is 1460 g/mol. The molecule has 552 valence electrons. The number of aryl methyl sites for hydroxylation is 3. The van der Waals surface area contributed by atoms with Gasteiger partial charge in [0.2, 0.25) is 11.8 Å². The van der Waals surface area contributed by atoms with Crippen molar-refractivity contribution in [2.75, 3.05) is 73.6 Å². The number of amides is 2. The number of aromatic nitrogens is 3. The third-order valence-corrected chi connectivity index (χ3v) is 19.7. The second kappa shape index (κ2) is 36.6. The Labute approximate surface area is 629 Å². The first-order valence-electron chi connectivity index (χ1n) is 36.6. The van der Waals surface area contributed by atoms with Gasteiger partial charge in [-0.05, 0) is 215 Å². The fourth-order valence-corrected chi connectivity index (χ4v) is 13.4. The van der Waals surface area contributed by atoms with Crippen molar-refractivity contribution in [2.45, 2.75) is 136 Å². The Morgan fingerprint density at radius 1 is 0.438 bits per heavy atom. The summed E-state index contributed by atoms with van der Waals surface area (Å²) in [5, 5.41) is 26.0. The van der Waals surface area contributed by atoms with Crippen LogP contribution in [0.3, 0.4) is 0 Å². The summed E-state index contributed by atoms with van der Waals surface area (Å²) in [4.78, 5) is 51.9. The van der Waals surface area contributed by atoms with Gasteiger partial charge in [-0.25, -0.2) is 15.0 Å². The molecule has 8 N–H and O–H groups in total. The first kappa shape index (κ1) is 78.2. The third kappa shape index (κ3) is 23.8. The van der Waals surface area contributed by atoms with Crippen molar-refractivity contribution < 1.29 is 33.7 Å². The molecule has 5 aliphatic rings. The molecular weight excluding hydrogens is 1360 g/mol. The zero-order valence-corrected chi connectivity index (χ0v) is 63.6. The average Bonchev–Trinajstić information content (AvgIpc) is 0.831. The quantitative estimate of drug-likeness (QED) is 0.0446. The van der Waals surface area contributed by atoms with Crippen molar-refractivity contribution in [3.8, 4) is 34.5 Å². The lowest BCUT2D eigenvalue weighted by Gasteiger charge is -2.28. The summed E-state index contributed by atoms with van der Waals surface area (Å²) in [6.07, 6.45) is 12.0. The number of nitrogens with zero attached hydrogens (tertiary/aromatic N) is 4. The van der Waals surface area contributed by atoms with E-state index < -0.39 is 5.97 Å². The van der Waals surface area contributed by atoms with Gasteiger partial charge in [-0.3, -0.25) is 14.4 Å². The lowest BCUT2D eigenvalue weighted by Crippen LogP contribution is -2.43. The molecule has 105 heavy (non-hydrogen) atoms. The van der Waals surface area contributed by atoms with Gasteiger partial charge in [0.05, 0.1) is 5.92 Å². The molecule has 2 aliphatic heterocycles. The highest BCUT2D eigenvalue weighted by molar-refractivity contribution is 6.29. The Bertz CT molecular complexity index is 4390. The number of hydrogen-bond acceptors (Lipinski definition) is 14. The molecule has 0 spiro atoms. The molecule has 6 aromatic carbocycles. The Morgan fingerprint density at radius 3 is 1.18 bits per heavy atom. The number of fused-ring (bicyclic) bond motifs is 3. The van der Waals surface area contributed by atoms with Gasteiger partial charge >= 0.3 is 5.97 Å². The number of anilines is 4. The number of carbonyl (C=O) groups excluding carboxylic acids is 2. The molecular formula is C86H102Cl2N10O7. The highest BCUT2D eigenvalue weighted by atomic mass is 35.5. The van der Waals surface area contributed by atoms with E-state index in [0.29, 0.717) is 46.8 Å². The van der Waals surface area contributed by atoms with Crippen molar-refractivity contribution in [1.29, 1.82) is 0 Å². The van der Waals surface area contributed by atoms with Gasteiger partial charge in [-0.15, -0.1) is 0 Å². The van der Waals surface area contributed by atoms with Crippen molar-refractivity contribution in [1.82, 2.24) is 30.9 Å². The van der Waals surface area contributed by atoms with Gasteiger partial charge in [0.1, 0.15) is 50.6 Å². The summed E-state index contributed by atoms with van der Waals surface area (Å²) in [7, 11) is 0. The number of carboxylic acids is 1. The topological polar surface area (TPSA) is 227 Å². The maximum absolute atomic E-state index is 13.1. The fourth-order valence-electron chi connectivity index (χ4n) is 13.1. The average molecular weight is 1460 g/mol. The highest BCUT2D eigenvalue weighted by Gasteiger charge is 2.29. The van der Waals surface area contributed by atoms with Gasteiger partial charge < -0.3 is 56.5 Å². The number of nitrogen functional groups attached to an aromatic ring is 1. The first-order valence-corrected chi connectivity index (χ1v) is 37.4. The van der Waals surface area contributed by atoms with Gasteiger partial charge in [0, 0.05) is 118 Å². The Balaban J connectivity index is 0.000000154. The van der Waals surface area contributed by atoms with Crippen LogP contribution in [0, 0.1) is 17.8 Å². The SMILES string of the molecule is C1CNCCN1.CC(C)(C)c1cccc(N)c1.CC(C)(C)c1cccc(NC(=O)C2CCc3ccc(Oc4ccnc(Cl)c4)cc3C2)c1.CC(C)(C)c1cccc(NC(=O)C2CCc3ccc(Oc4ccnc(N5CCNCC5)c4)cc3C2)c1.O=C(O)C1CCc2ccc(Oc3ccnc(Cl)c3)cc2C1. The number of rotatable bonds is 12. The Hall–Kier alpha value is -9.36. The van der Waals surface area contributed by atoms with Gasteiger partial charge in [-0.2, -0.15) is 0 Å². The number of carboxylic acid groups (broad SMARTS) is 1. The predicted octanol–water partition coefficient (Wildman–Crippen LogP) is 17.4. The smallest absolute Gasteiger partial charge is 0.306 e.